The van der Waals surface area contributed by atoms with Crippen LogP contribution in [-0.2, 0) is 12.8 Å². The highest BCUT2D eigenvalue weighted by molar-refractivity contribution is 5.94. The highest BCUT2D eigenvalue weighted by atomic mass is 16.4. The highest BCUT2D eigenvalue weighted by Crippen LogP contribution is 2.29. The zero-order valence-electron chi connectivity index (χ0n) is 10.6. The van der Waals surface area contributed by atoms with Crippen LogP contribution in [0.25, 0.3) is 21.9 Å². The number of benzene rings is 1. The first kappa shape index (κ1) is 10.9. The van der Waals surface area contributed by atoms with E-state index in [9.17, 15) is 4.79 Å². The molecule has 0 saturated carbocycles. The van der Waals surface area contributed by atoms with Crippen LogP contribution >= 0.6 is 0 Å². The second-order valence-corrected chi connectivity index (χ2v) is 5.21. The first-order chi connectivity index (χ1) is 9.33. The molecule has 4 rings (SSSR count). The van der Waals surface area contributed by atoms with E-state index >= 15 is 0 Å². The van der Waals surface area contributed by atoms with Crippen LogP contribution in [0.5, 0.6) is 0 Å². The molecular weight excluding hydrogens is 240 g/mol. The van der Waals surface area contributed by atoms with Crippen LogP contribution < -0.4 is 5.63 Å². The smallest absolute Gasteiger partial charge is 0.339 e. The Morgan fingerprint density at radius 2 is 1.79 bits per heavy atom. The summed E-state index contributed by atoms with van der Waals surface area (Å²) >= 11 is 0. The minimum Gasteiger partial charge on any atom is -0.464 e. The van der Waals surface area contributed by atoms with Gasteiger partial charge < -0.3 is 8.83 Å². The summed E-state index contributed by atoms with van der Waals surface area (Å²) in [5.74, 6) is 0. The Bertz CT molecular complexity index is 823. The molecule has 0 amide bonds. The van der Waals surface area contributed by atoms with Crippen LogP contribution in [0.2, 0.25) is 0 Å². The Morgan fingerprint density at radius 3 is 2.68 bits per heavy atom. The van der Waals surface area contributed by atoms with Crippen molar-refractivity contribution in [1.82, 2.24) is 0 Å². The summed E-state index contributed by atoms with van der Waals surface area (Å²) in [7, 11) is 0. The molecule has 0 bridgehead atoms. The van der Waals surface area contributed by atoms with Crippen LogP contribution in [0.3, 0.4) is 0 Å². The van der Waals surface area contributed by atoms with E-state index in [4.69, 9.17) is 8.83 Å². The molecule has 3 heteroatoms. The van der Waals surface area contributed by atoms with Crippen LogP contribution in [0, 0.1) is 0 Å². The van der Waals surface area contributed by atoms with Crippen molar-refractivity contribution < 1.29 is 8.83 Å². The fourth-order valence-electron chi connectivity index (χ4n) is 3.08. The number of fused-ring (bicyclic) bond motifs is 4. The lowest BCUT2D eigenvalue weighted by Gasteiger charge is -2.08. The maximum Gasteiger partial charge on any atom is 0.339 e. The van der Waals surface area contributed by atoms with Gasteiger partial charge in [0.1, 0.15) is 11.2 Å². The van der Waals surface area contributed by atoms with Gasteiger partial charge in [-0.2, -0.15) is 0 Å². The fourth-order valence-corrected chi connectivity index (χ4v) is 3.08. The van der Waals surface area contributed by atoms with Gasteiger partial charge in [-0.3, -0.25) is 0 Å². The number of rotatable bonds is 0. The van der Waals surface area contributed by atoms with Crippen LogP contribution in [-0.4, -0.2) is 0 Å². The minimum atomic E-state index is -0.171. The summed E-state index contributed by atoms with van der Waals surface area (Å²) in [6.45, 7) is 0. The molecule has 1 aliphatic rings. The van der Waals surface area contributed by atoms with Gasteiger partial charge in [-0.05, 0) is 43.4 Å². The summed E-state index contributed by atoms with van der Waals surface area (Å²) in [6, 6.07) is 5.86. The molecular formula is C16H14O3. The van der Waals surface area contributed by atoms with E-state index in [1.54, 1.807) is 6.26 Å². The van der Waals surface area contributed by atoms with Crippen molar-refractivity contribution in [2.24, 2.45) is 0 Å². The quantitative estimate of drug-likeness (QED) is 0.452. The van der Waals surface area contributed by atoms with E-state index in [1.807, 2.05) is 12.1 Å². The predicted molar refractivity (Wildman–Crippen MR) is 73.5 cm³/mol. The largest absolute Gasteiger partial charge is 0.464 e. The second kappa shape index (κ2) is 3.98. The van der Waals surface area contributed by atoms with Gasteiger partial charge >= 0.3 is 5.63 Å². The highest BCUT2D eigenvalue weighted by Gasteiger charge is 2.17. The van der Waals surface area contributed by atoms with Crippen molar-refractivity contribution in [2.45, 2.75) is 32.1 Å². The Hall–Kier alpha value is -2.03. The van der Waals surface area contributed by atoms with Crippen molar-refractivity contribution in [3.05, 3.63) is 46.0 Å². The molecule has 2 heterocycles. The van der Waals surface area contributed by atoms with E-state index in [-0.39, 0.29) is 5.63 Å². The first-order valence-corrected chi connectivity index (χ1v) is 6.79. The van der Waals surface area contributed by atoms with Crippen molar-refractivity contribution in [3.63, 3.8) is 0 Å². The molecule has 0 fully saturated rings. The van der Waals surface area contributed by atoms with Gasteiger partial charge in [0.15, 0.2) is 0 Å². The van der Waals surface area contributed by atoms with Crippen molar-refractivity contribution in [2.75, 3.05) is 0 Å². The molecule has 19 heavy (non-hydrogen) atoms. The third kappa shape index (κ3) is 1.61. The number of furan rings is 1. The monoisotopic (exact) mass is 254 g/mol. The van der Waals surface area contributed by atoms with Gasteiger partial charge in [-0.1, -0.05) is 6.42 Å². The van der Waals surface area contributed by atoms with Crippen molar-refractivity contribution in [1.29, 1.82) is 0 Å². The number of hydrogen-bond acceptors (Lipinski definition) is 3. The zero-order valence-corrected chi connectivity index (χ0v) is 10.6. The number of hydrogen-bond donors (Lipinski definition) is 0. The topological polar surface area (TPSA) is 43.4 Å². The maximum atomic E-state index is 12.1. The van der Waals surface area contributed by atoms with Gasteiger partial charge in [0, 0.05) is 22.4 Å². The van der Waals surface area contributed by atoms with E-state index < -0.39 is 0 Å². The molecule has 0 atom stereocenters. The number of aryl methyl sites for hydroxylation is 1. The summed E-state index contributed by atoms with van der Waals surface area (Å²) < 4.78 is 10.9. The van der Waals surface area contributed by atoms with E-state index in [0.29, 0.717) is 5.58 Å². The molecule has 2 aromatic heterocycles. The zero-order chi connectivity index (χ0) is 12.8. The average Bonchev–Trinajstić information content (AvgIpc) is 2.71. The summed E-state index contributed by atoms with van der Waals surface area (Å²) in [5.41, 5.74) is 3.31. The third-order valence-corrected chi connectivity index (χ3v) is 4.05. The SMILES string of the molecule is O=c1oc2cc3occc3cc2c2c1CCCCC2. The Morgan fingerprint density at radius 1 is 0.947 bits per heavy atom. The maximum absolute atomic E-state index is 12.1. The van der Waals surface area contributed by atoms with E-state index in [0.717, 1.165) is 47.6 Å². The predicted octanol–water partition coefficient (Wildman–Crippen LogP) is 3.81. The van der Waals surface area contributed by atoms with Crippen LogP contribution in [0.1, 0.15) is 30.4 Å². The van der Waals surface area contributed by atoms with Gasteiger partial charge in [0.25, 0.3) is 0 Å². The van der Waals surface area contributed by atoms with Crippen LogP contribution in [0.4, 0.5) is 0 Å². The van der Waals surface area contributed by atoms with Gasteiger partial charge in [0.05, 0.1) is 6.26 Å². The molecule has 0 spiro atoms. The van der Waals surface area contributed by atoms with E-state index in [2.05, 4.69) is 6.07 Å². The Labute approximate surface area is 109 Å². The standard InChI is InChI=1S/C16H14O3/c17-16-12-5-3-1-2-4-11(12)13-8-10-6-7-18-14(10)9-15(13)19-16/h6-9H,1-5H2. The van der Waals surface area contributed by atoms with Crippen molar-refractivity contribution >= 4 is 21.9 Å². The lowest BCUT2D eigenvalue weighted by atomic mass is 10.00. The molecule has 96 valence electrons. The van der Waals surface area contributed by atoms with Crippen molar-refractivity contribution in [3.8, 4) is 0 Å². The van der Waals surface area contributed by atoms with E-state index in [1.165, 1.54) is 12.0 Å². The average molecular weight is 254 g/mol. The summed E-state index contributed by atoms with van der Waals surface area (Å²) in [6.07, 6.45) is 6.90. The van der Waals surface area contributed by atoms with Gasteiger partial charge in [-0.25, -0.2) is 4.79 Å². The molecule has 1 aliphatic carbocycles. The third-order valence-electron chi connectivity index (χ3n) is 4.05. The Kier molecular flexibility index (Phi) is 2.28. The lowest BCUT2D eigenvalue weighted by molar-refractivity contribution is 0.546. The molecule has 3 aromatic rings. The first-order valence-electron chi connectivity index (χ1n) is 6.79. The molecule has 0 N–H and O–H groups in total. The summed E-state index contributed by atoms with van der Waals surface area (Å²) in [4.78, 5) is 12.1. The minimum absolute atomic E-state index is 0.171. The van der Waals surface area contributed by atoms with Crippen LogP contribution in [0.15, 0.2) is 38.1 Å². The molecule has 0 aliphatic heterocycles. The second-order valence-electron chi connectivity index (χ2n) is 5.21. The molecule has 0 unspecified atom stereocenters. The van der Waals surface area contributed by atoms with Gasteiger partial charge in [-0.15, -0.1) is 0 Å². The molecule has 0 saturated heterocycles. The molecule has 1 aromatic carbocycles. The van der Waals surface area contributed by atoms with Gasteiger partial charge in [0.2, 0.25) is 0 Å². The molecule has 3 nitrogen and oxygen atoms in total. The fraction of sp³-hybridized carbons (Fsp3) is 0.312. The molecule has 0 radical (unpaired) electrons. The normalized spacial score (nSPS) is 15.6. The Balaban J connectivity index is 2.14. The summed E-state index contributed by atoms with van der Waals surface area (Å²) in [5, 5.41) is 2.14. The lowest BCUT2D eigenvalue weighted by Crippen LogP contribution is -2.10.